The fraction of sp³-hybridized carbons (Fsp3) is 0.533. The molecule has 2 N–H and O–H groups in total. The zero-order valence-electron chi connectivity index (χ0n) is 22.2. The largest absolute Gasteiger partial charge is 0.378 e. The normalized spacial score (nSPS) is 29.4. The smallest absolute Gasteiger partial charge is 0.260 e. The van der Waals surface area contributed by atoms with Crippen molar-refractivity contribution in [3.8, 4) is 0 Å². The number of hydrogen-bond acceptors (Lipinski definition) is 6. The first-order valence-corrected chi connectivity index (χ1v) is 15.5. The van der Waals surface area contributed by atoms with Crippen molar-refractivity contribution in [2.24, 2.45) is 21.8 Å². The quantitative estimate of drug-likeness (QED) is 0.332. The van der Waals surface area contributed by atoms with E-state index >= 15 is 0 Å². The van der Waals surface area contributed by atoms with E-state index in [-0.39, 0.29) is 28.5 Å². The Kier molecular flexibility index (Phi) is 8.45. The topological polar surface area (TPSA) is 60.2 Å². The standard InChI is InChI=1S/C30H34ClF3N4OS/c31-21-14-19(32)10-11-20(21)27-26(22-7-3-8-23(36-22)28(33)34)24-13-17(15-35-30(39)18-5-1-2-6-18)16-38(24)29(37-27)25-9-4-12-40-25/h3-4,7,10-12,14,17-18,23,25,27-28,30,35,39H,1-2,5-6,8-9,13,15-16H2/t17-,23?,25?,27+,30?/m1/s1. The van der Waals surface area contributed by atoms with Crippen molar-refractivity contribution < 1.29 is 18.3 Å². The van der Waals surface area contributed by atoms with Crippen molar-refractivity contribution in [2.75, 3.05) is 13.1 Å². The molecule has 2 fully saturated rings. The Bertz CT molecular complexity index is 1270. The highest BCUT2D eigenvalue weighted by atomic mass is 35.5. The third-order valence-electron chi connectivity index (χ3n) is 8.59. The summed E-state index contributed by atoms with van der Waals surface area (Å²) in [5.74, 6) is 0.950. The van der Waals surface area contributed by atoms with Gasteiger partial charge in [-0.1, -0.05) is 42.7 Å². The van der Waals surface area contributed by atoms with Crippen LogP contribution in [0.15, 0.2) is 63.1 Å². The van der Waals surface area contributed by atoms with E-state index in [1.54, 1.807) is 23.9 Å². The molecule has 3 unspecified atom stereocenters. The molecule has 0 spiro atoms. The van der Waals surface area contributed by atoms with Gasteiger partial charge in [-0.15, -0.1) is 11.8 Å². The average Bonchev–Trinajstić information content (AvgIpc) is 3.73. The van der Waals surface area contributed by atoms with E-state index in [0.29, 0.717) is 30.8 Å². The van der Waals surface area contributed by atoms with Crippen LogP contribution in [0.3, 0.4) is 0 Å². The van der Waals surface area contributed by atoms with Gasteiger partial charge in [0.05, 0.1) is 11.0 Å². The monoisotopic (exact) mass is 590 g/mol. The molecule has 5 nitrogen and oxygen atoms in total. The molecular weight excluding hydrogens is 557 g/mol. The lowest BCUT2D eigenvalue weighted by atomic mass is 9.89. The molecule has 0 amide bonds. The van der Waals surface area contributed by atoms with Gasteiger partial charge in [0.25, 0.3) is 6.43 Å². The van der Waals surface area contributed by atoms with Crippen LogP contribution in [0, 0.1) is 17.7 Å². The number of allylic oxidation sites excluding steroid dienone is 3. The van der Waals surface area contributed by atoms with Crippen molar-refractivity contribution in [2.45, 2.75) is 74.9 Å². The third kappa shape index (κ3) is 5.67. The van der Waals surface area contributed by atoms with Gasteiger partial charge in [0.2, 0.25) is 0 Å². The highest BCUT2D eigenvalue weighted by molar-refractivity contribution is 8.03. The average molecular weight is 591 g/mol. The number of aliphatic hydroxyl groups excluding tert-OH is 1. The van der Waals surface area contributed by atoms with Gasteiger partial charge in [-0.3, -0.25) is 15.3 Å². The fourth-order valence-corrected chi connectivity index (χ4v) is 7.76. The summed E-state index contributed by atoms with van der Waals surface area (Å²) < 4.78 is 41.6. The lowest BCUT2D eigenvalue weighted by molar-refractivity contribution is 0.0735. The van der Waals surface area contributed by atoms with Gasteiger partial charge < -0.3 is 10.0 Å². The maximum Gasteiger partial charge on any atom is 0.260 e. The summed E-state index contributed by atoms with van der Waals surface area (Å²) in [7, 11) is 0. The number of hydrogen-bond donors (Lipinski definition) is 2. The molecule has 10 heteroatoms. The van der Waals surface area contributed by atoms with Crippen LogP contribution in [-0.4, -0.2) is 58.6 Å². The lowest BCUT2D eigenvalue weighted by Crippen LogP contribution is -2.41. The van der Waals surface area contributed by atoms with Crippen molar-refractivity contribution >= 4 is 34.9 Å². The lowest BCUT2D eigenvalue weighted by Gasteiger charge is -2.36. The number of benzene rings is 1. The number of rotatable bonds is 8. The van der Waals surface area contributed by atoms with Gasteiger partial charge in [0.15, 0.2) is 0 Å². The molecular formula is C30H34ClF3N4OS. The van der Waals surface area contributed by atoms with Crippen LogP contribution >= 0.6 is 23.4 Å². The maximum atomic E-state index is 14.1. The molecule has 1 saturated heterocycles. The summed E-state index contributed by atoms with van der Waals surface area (Å²) in [5.41, 5.74) is 2.88. The number of nitrogens with one attached hydrogen (secondary N) is 1. The Hall–Kier alpha value is -2.07. The number of nitrogens with zero attached hydrogens (tertiary/aromatic N) is 3. The second-order valence-electron chi connectivity index (χ2n) is 11.3. The Morgan fingerprint density at radius 2 is 1.98 bits per heavy atom. The first-order chi connectivity index (χ1) is 19.4. The van der Waals surface area contributed by atoms with Crippen LogP contribution in [-0.2, 0) is 0 Å². The third-order valence-corrected chi connectivity index (χ3v) is 10.0. The summed E-state index contributed by atoms with van der Waals surface area (Å²) >= 11 is 8.30. The van der Waals surface area contributed by atoms with Gasteiger partial charge in [0.1, 0.15) is 30.0 Å². The van der Waals surface area contributed by atoms with Crippen LogP contribution in [0.5, 0.6) is 0 Å². The zero-order chi connectivity index (χ0) is 27.8. The molecule has 6 rings (SSSR count). The first-order valence-electron chi connectivity index (χ1n) is 14.2. The minimum atomic E-state index is -2.57. The Morgan fingerprint density at radius 1 is 1.15 bits per heavy atom. The van der Waals surface area contributed by atoms with Gasteiger partial charge in [-0.05, 0) is 67.6 Å². The molecule has 0 aromatic heterocycles. The Morgan fingerprint density at radius 3 is 2.70 bits per heavy atom. The fourth-order valence-electron chi connectivity index (χ4n) is 6.55. The van der Waals surface area contributed by atoms with Crippen LogP contribution in [0.1, 0.15) is 56.6 Å². The summed E-state index contributed by atoms with van der Waals surface area (Å²) in [5, 5.41) is 16.6. The van der Waals surface area contributed by atoms with Gasteiger partial charge >= 0.3 is 0 Å². The minimum absolute atomic E-state index is 0.117. The number of aliphatic hydroxyl groups is 1. The van der Waals surface area contributed by atoms with Gasteiger partial charge in [0, 0.05) is 34.9 Å². The predicted octanol–water partition coefficient (Wildman–Crippen LogP) is 6.66. The molecule has 1 saturated carbocycles. The zero-order valence-corrected chi connectivity index (χ0v) is 23.7. The van der Waals surface area contributed by atoms with Gasteiger partial charge in [-0.25, -0.2) is 13.2 Å². The summed E-state index contributed by atoms with van der Waals surface area (Å²) in [6, 6.07) is 2.57. The van der Waals surface area contributed by atoms with Crippen LogP contribution < -0.4 is 5.32 Å². The number of amidine groups is 1. The second-order valence-corrected chi connectivity index (χ2v) is 12.8. The highest BCUT2D eigenvalue weighted by Crippen LogP contribution is 2.46. The molecule has 4 heterocycles. The summed E-state index contributed by atoms with van der Waals surface area (Å²) in [6.07, 6.45) is 8.70. The predicted molar refractivity (Wildman–Crippen MR) is 156 cm³/mol. The summed E-state index contributed by atoms with van der Waals surface area (Å²) in [6.45, 7) is 1.34. The van der Waals surface area contributed by atoms with Crippen LogP contribution in [0.4, 0.5) is 13.2 Å². The molecule has 0 bridgehead atoms. The molecule has 1 aromatic rings. The molecule has 1 aliphatic carbocycles. The SMILES string of the molecule is OC(NC[C@H]1CC2=C(C3=NC(C(F)F)CC=C3)[C@H](c3ccc(F)cc3Cl)N=C(C3CC=CS3)N2C1)C1CCCC1. The number of dihydropyridines is 1. The minimum Gasteiger partial charge on any atom is -0.378 e. The number of thioether (sulfide) groups is 1. The molecule has 5 aliphatic rings. The molecule has 5 atom stereocenters. The summed E-state index contributed by atoms with van der Waals surface area (Å²) in [4.78, 5) is 12.0. The van der Waals surface area contributed by atoms with Gasteiger partial charge in [-0.2, -0.15) is 0 Å². The van der Waals surface area contributed by atoms with Crippen LogP contribution in [0.25, 0.3) is 0 Å². The molecule has 40 heavy (non-hydrogen) atoms. The highest BCUT2D eigenvalue weighted by Gasteiger charge is 2.42. The first kappa shape index (κ1) is 28.1. The number of fused-ring (bicyclic) bond motifs is 1. The van der Waals surface area contributed by atoms with E-state index in [1.165, 1.54) is 12.1 Å². The molecule has 4 aliphatic heterocycles. The second kappa shape index (κ2) is 12.0. The Labute approximate surface area is 242 Å². The van der Waals surface area contributed by atoms with E-state index in [2.05, 4.69) is 26.7 Å². The molecule has 1 aromatic carbocycles. The van der Waals surface area contributed by atoms with Crippen molar-refractivity contribution in [1.82, 2.24) is 10.2 Å². The number of alkyl halides is 2. The number of halogens is 4. The van der Waals surface area contributed by atoms with E-state index in [0.717, 1.165) is 49.2 Å². The molecule has 0 radical (unpaired) electrons. The van der Waals surface area contributed by atoms with Crippen molar-refractivity contribution in [1.29, 1.82) is 0 Å². The number of aliphatic imine (C=N–C) groups is 2. The van der Waals surface area contributed by atoms with E-state index in [4.69, 9.17) is 16.6 Å². The van der Waals surface area contributed by atoms with E-state index in [9.17, 15) is 18.3 Å². The maximum absolute atomic E-state index is 14.1. The van der Waals surface area contributed by atoms with Crippen molar-refractivity contribution in [3.05, 3.63) is 69.5 Å². The Balaban J connectivity index is 1.39. The van der Waals surface area contributed by atoms with E-state index in [1.807, 2.05) is 6.08 Å². The van der Waals surface area contributed by atoms with E-state index < -0.39 is 30.6 Å². The van der Waals surface area contributed by atoms with Crippen molar-refractivity contribution in [3.63, 3.8) is 0 Å². The molecule has 214 valence electrons. The van der Waals surface area contributed by atoms with Crippen LogP contribution in [0.2, 0.25) is 5.02 Å².